The molecule has 0 aliphatic carbocycles. The van der Waals surface area contributed by atoms with E-state index in [2.05, 4.69) is 5.32 Å². The van der Waals surface area contributed by atoms with Crippen molar-refractivity contribution in [2.75, 3.05) is 31.0 Å². The van der Waals surface area contributed by atoms with Crippen molar-refractivity contribution in [2.45, 2.75) is 6.92 Å². The first-order chi connectivity index (χ1) is 16.1. The molecule has 3 aromatic carbocycles. The van der Waals surface area contributed by atoms with Crippen molar-refractivity contribution in [1.82, 2.24) is 0 Å². The second kappa shape index (κ2) is 9.48. The van der Waals surface area contributed by atoms with Crippen LogP contribution in [0.5, 0.6) is 17.2 Å². The minimum atomic E-state index is -0.486. The molecule has 1 heterocycles. The fraction of sp³-hybridized carbons (Fsp3) is 0.154. The molecule has 0 aromatic heterocycles. The first-order valence-corrected chi connectivity index (χ1v) is 10.5. The molecular formula is C26H24N2O5. The summed E-state index contributed by atoms with van der Waals surface area (Å²) in [5.41, 5.74) is 2.01. The second-order valence-corrected chi connectivity index (χ2v) is 7.19. The summed E-state index contributed by atoms with van der Waals surface area (Å²) in [6.07, 6.45) is 0. The summed E-state index contributed by atoms with van der Waals surface area (Å²) in [6.45, 7) is 2.35. The maximum absolute atomic E-state index is 13.6. The van der Waals surface area contributed by atoms with Gasteiger partial charge in [-0.15, -0.1) is 0 Å². The summed E-state index contributed by atoms with van der Waals surface area (Å²) in [6, 6.07) is 21.3. The van der Waals surface area contributed by atoms with Gasteiger partial charge in [0.15, 0.2) is 0 Å². The summed E-state index contributed by atoms with van der Waals surface area (Å²) in [5.74, 6) is 0.587. The molecule has 1 N–H and O–H groups in total. The SMILES string of the molecule is CCOc1ccccc1NC1=C(c2ccccc2)C(=O)N(c2cc(OC)cc(OC)c2)C1=O. The molecule has 168 valence electrons. The van der Waals surface area contributed by atoms with Crippen molar-refractivity contribution >= 4 is 28.8 Å². The highest BCUT2D eigenvalue weighted by Gasteiger charge is 2.40. The summed E-state index contributed by atoms with van der Waals surface area (Å²) in [4.78, 5) is 28.4. The van der Waals surface area contributed by atoms with Crippen LogP contribution in [0.1, 0.15) is 12.5 Å². The number of benzene rings is 3. The Labute approximate surface area is 192 Å². The van der Waals surface area contributed by atoms with Crippen LogP contribution in [0.15, 0.2) is 78.5 Å². The number of rotatable bonds is 8. The summed E-state index contributed by atoms with van der Waals surface area (Å²) in [5, 5.41) is 3.16. The standard InChI is InChI=1S/C26H24N2O5/c1-4-33-22-13-9-8-12-21(22)27-24-23(17-10-6-5-7-11-17)25(29)28(26(24)30)18-14-19(31-2)16-20(15-18)32-3/h5-16,27H,4H2,1-3H3. The Kier molecular flexibility index (Phi) is 6.31. The van der Waals surface area contributed by atoms with Gasteiger partial charge < -0.3 is 19.5 Å². The number of nitrogens with one attached hydrogen (secondary N) is 1. The largest absolute Gasteiger partial charge is 0.497 e. The predicted octanol–water partition coefficient (Wildman–Crippen LogP) is 4.50. The van der Waals surface area contributed by atoms with Gasteiger partial charge in [-0.1, -0.05) is 42.5 Å². The fourth-order valence-corrected chi connectivity index (χ4v) is 3.66. The normalized spacial score (nSPS) is 13.4. The average molecular weight is 444 g/mol. The quantitative estimate of drug-likeness (QED) is 0.516. The van der Waals surface area contributed by atoms with E-state index < -0.39 is 11.8 Å². The third-order valence-corrected chi connectivity index (χ3v) is 5.19. The number of methoxy groups -OCH3 is 2. The molecule has 1 aliphatic rings. The van der Waals surface area contributed by atoms with Crippen LogP contribution < -0.4 is 24.4 Å². The number of hydrogen-bond acceptors (Lipinski definition) is 6. The highest BCUT2D eigenvalue weighted by atomic mass is 16.5. The number of ether oxygens (including phenoxy) is 3. The Morgan fingerprint density at radius 2 is 1.45 bits per heavy atom. The van der Waals surface area contributed by atoms with Gasteiger partial charge >= 0.3 is 0 Å². The van der Waals surface area contributed by atoms with Crippen molar-refractivity contribution in [3.8, 4) is 17.2 Å². The zero-order valence-corrected chi connectivity index (χ0v) is 18.6. The molecule has 0 radical (unpaired) electrons. The van der Waals surface area contributed by atoms with E-state index in [1.807, 2.05) is 37.3 Å². The molecule has 2 amide bonds. The molecule has 4 rings (SSSR count). The van der Waals surface area contributed by atoms with Crippen LogP contribution in [0, 0.1) is 0 Å². The van der Waals surface area contributed by atoms with Crippen LogP contribution in [0.2, 0.25) is 0 Å². The monoisotopic (exact) mass is 444 g/mol. The maximum Gasteiger partial charge on any atom is 0.282 e. The zero-order valence-electron chi connectivity index (χ0n) is 18.6. The molecule has 1 aliphatic heterocycles. The Morgan fingerprint density at radius 3 is 2.09 bits per heavy atom. The van der Waals surface area contributed by atoms with E-state index in [0.717, 1.165) is 4.90 Å². The maximum atomic E-state index is 13.6. The number of carbonyl (C=O) groups excluding carboxylic acids is 2. The summed E-state index contributed by atoms with van der Waals surface area (Å²) >= 11 is 0. The van der Waals surface area contributed by atoms with E-state index in [-0.39, 0.29) is 11.3 Å². The number of imide groups is 1. The third-order valence-electron chi connectivity index (χ3n) is 5.19. The summed E-state index contributed by atoms with van der Waals surface area (Å²) in [7, 11) is 3.02. The van der Waals surface area contributed by atoms with Crippen molar-refractivity contribution in [1.29, 1.82) is 0 Å². The summed E-state index contributed by atoms with van der Waals surface area (Å²) < 4.78 is 16.4. The van der Waals surface area contributed by atoms with Crippen LogP contribution in [0.3, 0.4) is 0 Å². The molecule has 0 fully saturated rings. The van der Waals surface area contributed by atoms with Gasteiger partial charge in [0, 0.05) is 18.2 Å². The molecule has 0 atom stereocenters. The molecule has 7 nitrogen and oxygen atoms in total. The number of para-hydroxylation sites is 2. The van der Waals surface area contributed by atoms with Crippen molar-refractivity contribution in [3.05, 3.63) is 84.1 Å². The lowest BCUT2D eigenvalue weighted by atomic mass is 10.0. The third kappa shape index (κ3) is 4.25. The first-order valence-electron chi connectivity index (χ1n) is 10.5. The van der Waals surface area contributed by atoms with E-state index in [9.17, 15) is 9.59 Å². The lowest BCUT2D eigenvalue weighted by Gasteiger charge is -2.18. The lowest BCUT2D eigenvalue weighted by molar-refractivity contribution is -0.120. The van der Waals surface area contributed by atoms with Crippen LogP contribution >= 0.6 is 0 Å². The van der Waals surface area contributed by atoms with Crippen molar-refractivity contribution in [2.24, 2.45) is 0 Å². The van der Waals surface area contributed by atoms with Gasteiger partial charge in [-0.3, -0.25) is 9.59 Å². The smallest absolute Gasteiger partial charge is 0.282 e. The molecule has 3 aromatic rings. The molecule has 0 saturated heterocycles. The highest BCUT2D eigenvalue weighted by molar-refractivity contribution is 6.46. The molecule has 7 heteroatoms. The Hall–Kier alpha value is -4.26. The van der Waals surface area contributed by atoms with Crippen LogP contribution in [-0.4, -0.2) is 32.6 Å². The molecule has 33 heavy (non-hydrogen) atoms. The minimum absolute atomic E-state index is 0.167. The van der Waals surface area contributed by atoms with Crippen molar-refractivity contribution in [3.63, 3.8) is 0 Å². The number of hydrogen-bond donors (Lipinski definition) is 1. The van der Waals surface area contributed by atoms with Gasteiger partial charge in [0.05, 0.1) is 37.8 Å². The molecule has 0 saturated carbocycles. The molecule has 0 spiro atoms. The average Bonchev–Trinajstić information content (AvgIpc) is 3.09. The first kappa shape index (κ1) is 22.0. The van der Waals surface area contributed by atoms with E-state index in [4.69, 9.17) is 14.2 Å². The van der Waals surface area contributed by atoms with Crippen LogP contribution in [-0.2, 0) is 9.59 Å². The number of amides is 2. The predicted molar refractivity (Wildman–Crippen MR) is 127 cm³/mol. The van der Waals surface area contributed by atoms with Gasteiger partial charge in [-0.2, -0.15) is 0 Å². The fourth-order valence-electron chi connectivity index (χ4n) is 3.66. The zero-order chi connectivity index (χ0) is 23.4. The topological polar surface area (TPSA) is 77.1 Å². The Bertz CT molecular complexity index is 1200. The highest BCUT2D eigenvalue weighted by Crippen LogP contribution is 2.38. The molecular weight excluding hydrogens is 420 g/mol. The van der Waals surface area contributed by atoms with E-state index >= 15 is 0 Å². The number of nitrogens with zero attached hydrogens (tertiary/aromatic N) is 1. The van der Waals surface area contributed by atoms with E-state index in [1.54, 1.807) is 42.5 Å². The van der Waals surface area contributed by atoms with Gasteiger partial charge in [0.25, 0.3) is 11.8 Å². The van der Waals surface area contributed by atoms with Crippen LogP contribution in [0.25, 0.3) is 5.57 Å². The number of anilines is 2. The van der Waals surface area contributed by atoms with Gasteiger partial charge in [-0.25, -0.2) is 4.90 Å². The molecule has 0 unspecified atom stereocenters. The van der Waals surface area contributed by atoms with E-state index in [1.165, 1.54) is 14.2 Å². The van der Waals surface area contributed by atoms with Crippen molar-refractivity contribution < 1.29 is 23.8 Å². The Balaban J connectivity index is 1.83. The second-order valence-electron chi connectivity index (χ2n) is 7.19. The number of carbonyl (C=O) groups is 2. The minimum Gasteiger partial charge on any atom is -0.497 e. The lowest BCUT2D eigenvalue weighted by Crippen LogP contribution is -2.32. The van der Waals surface area contributed by atoms with Gasteiger partial charge in [0.1, 0.15) is 22.9 Å². The van der Waals surface area contributed by atoms with E-state index in [0.29, 0.717) is 40.8 Å². The Morgan fingerprint density at radius 1 is 0.818 bits per heavy atom. The van der Waals surface area contributed by atoms with Gasteiger partial charge in [0.2, 0.25) is 0 Å². The van der Waals surface area contributed by atoms with Crippen LogP contribution in [0.4, 0.5) is 11.4 Å². The molecule has 0 bridgehead atoms. The van der Waals surface area contributed by atoms with Gasteiger partial charge in [-0.05, 0) is 24.6 Å².